The molecule has 1 aliphatic rings. The third-order valence-corrected chi connectivity index (χ3v) is 5.55. The van der Waals surface area contributed by atoms with Crippen LogP contribution in [0.15, 0.2) is 59.7 Å². The molecule has 0 amide bonds. The number of guanidine groups is 1. The standard InChI is InChI=1S/C23H28N6/c1-17-13-18(2)29(28-17)21-10-9-19(14-25-21)15-26-22(24-3)27-16-23(11-12-23)20-7-5-4-6-8-20/h4-10,13-14H,11-12,15-16H2,1-3H3,(H2,24,26,27). The molecule has 2 heterocycles. The van der Waals surface area contributed by atoms with E-state index in [1.807, 2.05) is 37.8 Å². The van der Waals surface area contributed by atoms with E-state index in [-0.39, 0.29) is 5.41 Å². The van der Waals surface area contributed by atoms with E-state index < -0.39 is 0 Å². The van der Waals surface area contributed by atoms with Gasteiger partial charge in [-0.05, 0) is 49.9 Å². The third-order valence-electron chi connectivity index (χ3n) is 5.55. The van der Waals surface area contributed by atoms with Gasteiger partial charge < -0.3 is 10.6 Å². The molecule has 0 aliphatic heterocycles. The van der Waals surface area contributed by atoms with Crippen molar-refractivity contribution in [2.45, 2.75) is 38.6 Å². The summed E-state index contributed by atoms with van der Waals surface area (Å²) in [5, 5.41) is 11.4. The number of hydrogen-bond acceptors (Lipinski definition) is 3. The zero-order valence-electron chi connectivity index (χ0n) is 17.3. The lowest BCUT2D eigenvalue weighted by Crippen LogP contribution is -2.40. The molecule has 1 fully saturated rings. The van der Waals surface area contributed by atoms with E-state index in [0.717, 1.165) is 35.3 Å². The number of nitrogens with zero attached hydrogens (tertiary/aromatic N) is 4. The van der Waals surface area contributed by atoms with Crippen molar-refractivity contribution in [1.82, 2.24) is 25.4 Å². The lowest BCUT2D eigenvalue weighted by Gasteiger charge is -2.19. The highest BCUT2D eigenvalue weighted by molar-refractivity contribution is 5.79. The molecule has 6 nitrogen and oxygen atoms in total. The van der Waals surface area contributed by atoms with Crippen LogP contribution in [0, 0.1) is 13.8 Å². The molecule has 1 aliphatic carbocycles. The summed E-state index contributed by atoms with van der Waals surface area (Å²) in [4.78, 5) is 8.93. The fraction of sp³-hybridized carbons (Fsp3) is 0.348. The number of rotatable bonds is 6. The molecule has 0 spiro atoms. The van der Waals surface area contributed by atoms with E-state index in [1.165, 1.54) is 18.4 Å². The van der Waals surface area contributed by atoms with Crippen molar-refractivity contribution in [2.24, 2.45) is 4.99 Å². The minimum Gasteiger partial charge on any atom is -0.356 e. The number of aromatic nitrogens is 3. The molecule has 3 aromatic rings. The normalized spacial score (nSPS) is 15.2. The van der Waals surface area contributed by atoms with Crippen molar-refractivity contribution in [3.63, 3.8) is 0 Å². The monoisotopic (exact) mass is 388 g/mol. The zero-order valence-corrected chi connectivity index (χ0v) is 17.3. The highest BCUT2D eigenvalue weighted by Crippen LogP contribution is 2.47. The molecule has 2 aromatic heterocycles. The molecule has 29 heavy (non-hydrogen) atoms. The maximum Gasteiger partial charge on any atom is 0.191 e. The van der Waals surface area contributed by atoms with Gasteiger partial charge in [-0.2, -0.15) is 5.10 Å². The van der Waals surface area contributed by atoms with Gasteiger partial charge in [-0.1, -0.05) is 36.4 Å². The molecule has 0 atom stereocenters. The van der Waals surface area contributed by atoms with E-state index in [9.17, 15) is 0 Å². The van der Waals surface area contributed by atoms with Crippen LogP contribution in [0.3, 0.4) is 0 Å². The molecule has 150 valence electrons. The Labute approximate surface area is 172 Å². The lowest BCUT2D eigenvalue weighted by molar-refractivity contribution is 0.645. The molecule has 1 aromatic carbocycles. The van der Waals surface area contributed by atoms with Crippen molar-refractivity contribution >= 4 is 5.96 Å². The summed E-state index contributed by atoms with van der Waals surface area (Å²) in [5.41, 5.74) is 4.84. The van der Waals surface area contributed by atoms with Gasteiger partial charge in [0.25, 0.3) is 0 Å². The average molecular weight is 389 g/mol. The van der Waals surface area contributed by atoms with Gasteiger partial charge in [0.05, 0.1) is 5.69 Å². The molecule has 0 radical (unpaired) electrons. The Morgan fingerprint density at radius 2 is 1.90 bits per heavy atom. The summed E-state index contributed by atoms with van der Waals surface area (Å²) in [6.07, 6.45) is 4.33. The van der Waals surface area contributed by atoms with Crippen molar-refractivity contribution in [3.8, 4) is 5.82 Å². The molecular weight excluding hydrogens is 360 g/mol. The quantitative estimate of drug-likeness (QED) is 0.502. The Kier molecular flexibility index (Phi) is 5.34. The summed E-state index contributed by atoms with van der Waals surface area (Å²) in [6.45, 7) is 5.59. The van der Waals surface area contributed by atoms with Crippen molar-refractivity contribution in [1.29, 1.82) is 0 Å². The topological polar surface area (TPSA) is 67.1 Å². The maximum absolute atomic E-state index is 4.56. The zero-order chi connectivity index (χ0) is 20.3. The molecule has 6 heteroatoms. The first kappa shape index (κ1) is 19.2. The first-order chi connectivity index (χ1) is 14.1. The van der Waals surface area contributed by atoms with Crippen LogP contribution in [0.2, 0.25) is 0 Å². The second-order valence-electron chi connectivity index (χ2n) is 7.79. The van der Waals surface area contributed by atoms with Crippen LogP contribution in [-0.2, 0) is 12.0 Å². The Morgan fingerprint density at radius 1 is 1.10 bits per heavy atom. The van der Waals surface area contributed by atoms with Gasteiger partial charge in [0.1, 0.15) is 0 Å². The predicted octanol–water partition coefficient (Wildman–Crippen LogP) is 3.28. The van der Waals surface area contributed by atoms with Gasteiger partial charge in [0, 0.05) is 37.4 Å². The molecular formula is C23H28N6. The Bertz CT molecular complexity index is 984. The highest BCUT2D eigenvalue weighted by atomic mass is 15.3. The van der Waals surface area contributed by atoms with Gasteiger partial charge in [0.15, 0.2) is 11.8 Å². The minimum absolute atomic E-state index is 0.252. The Hall–Kier alpha value is -3.15. The van der Waals surface area contributed by atoms with Crippen LogP contribution in [0.4, 0.5) is 0 Å². The summed E-state index contributed by atoms with van der Waals surface area (Å²) in [5.74, 6) is 1.65. The number of aryl methyl sites for hydroxylation is 2. The second kappa shape index (κ2) is 8.07. The molecule has 0 bridgehead atoms. The maximum atomic E-state index is 4.56. The average Bonchev–Trinajstić information content (AvgIpc) is 3.47. The van der Waals surface area contributed by atoms with Gasteiger partial charge in [-0.3, -0.25) is 4.99 Å². The smallest absolute Gasteiger partial charge is 0.191 e. The first-order valence-electron chi connectivity index (χ1n) is 10.1. The van der Waals surface area contributed by atoms with Gasteiger partial charge in [-0.15, -0.1) is 0 Å². The van der Waals surface area contributed by atoms with E-state index in [4.69, 9.17) is 0 Å². The summed E-state index contributed by atoms with van der Waals surface area (Å²) < 4.78 is 1.87. The molecule has 2 N–H and O–H groups in total. The number of hydrogen-bond donors (Lipinski definition) is 2. The Morgan fingerprint density at radius 3 is 2.48 bits per heavy atom. The Balaban J connectivity index is 1.33. The molecule has 0 unspecified atom stereocenters. The van der Waals surface area contributed by atoms with E-state index in [0.29, 0.717) is 6.54 Å². The highest BCUT2D eigenvalue weighted by Gasteiger charge is 2.43. The van der Waals surface area contributed by atoms with E-state index >= 15 is 0 Å². The number of pyridine rings is 1. The molecule has 0 saturated heterocycles. The van der Waals surface area contributed by atoms with Gasteiger partial charge in [-0.25, -0.2) is 9.67 Å². The third kappa shape index (κ3) is 4.31. The number of aliphatic imine (C=N–C) groups is 1. The summed E-state index contributed by atoms with van der Waals surface area (Å²) in [7, 11) is 1.81. The minimum atomic E-state index is 0.252. The van der Waals surface area contributed by atoms with Crippen LogP contribution < -0.4 is 10.6 Å². The predicted molar refractivity (Wildman–Crippen MR) is 116 cm³/mol. The molecule has 4 rings (SSSR count). The fourth-order valence-electron chi connectivity index (χ4n) is 3.68. The van der Waals surface area contributed by atoms with Crippen molar-refractivity contribution in [2.75, 3.05) is 13.6 Å². The van der Waals surface area contributed by atoms with Gasteiger partial charge >= 0.3 is 0 Å². The van der Waals surface area contributed by atoms with Crippen LogP contribution in [0.1, 0.15) is 35.4 Å². The number of nitrogens with one attached hydrogen (secondary N) is 2. The van der Waals surface area contributed by atoms with Crippen LogP contribution in [0.25, 0.3) is 5.82 Å². The van der Waals surface area contributed by atoms with Gasteiger partial charge in [0.2, 0.25) is 0 Å². The largest absolute Gasteiger partial charge is 0.356 e. The van der Waals surface area contributed by atoms with Crippen molar-refractivity contribution in [3.05, 3.63) is 77.2 Å². The SMILES string of the molecule is CN=C(NCc1ccc(-n2nc(C)cc2C)nc1)NCC1(c2ccccc2)CC1. The summed E-state index contributed by atoms with van der Waals surface area (Å²) >= 11 is 0. The second-order valence-corrected chi connectivity index (χ2v) is 7.79. The summed E-state index contributed by atoms with van der Waals surface area (Å²) in [6, 6.07) is 16.9. The fourth-order valence-corrected chi connectivity index (χ4v) is 3.68. The first-order valence-corrected chi connectivity index (χ1v) is 10.1. The van der Waals surface area contributed by atoms with Crippen molar-refractivity contribution < 1.29 is 0 Å². The van der Waals surface area contributed by atoms with E-state index in [1.54, 1.807) is 0 Å². The van der Waals surface area contributed by atoms with Crippen LogP contribution >= 0.6 is 0 Å². The molecule has 1 saturated carbocycles. The lowest BCUT2D eigenvalue weighted by atomic mass is 9.96. The van der Waals surface area contributed by atoms with Crippen LogP contribution in [-0.4, -0.2) is 34.3 Å². The van der Waals surface area contributed by atoms with Crippen LogP contribution in [0.5, 0.6) is 0 Å². The van der Waals surface area contributed by atoms with E-state index in [2.05, 4.69) is 68.2 Å². The number of benzene rings is 1.